The zero-order valence-electron chi connectivity index (χ0n) is 20.4. The lowest BCUT2D eigenvalue weighted by atomic mass is 9.97. The Kier molecular flexibility index (Phi) is 8.13. The van der Waals surface area contributed by atoms with Gasteiger partial charge in [0, 0.05) is 19.6 Å². The van der Waals surface area contributed by atoms with Gasteiger partial charge < -0.3 is 9.64 Å². The highest BCUT2D eigenvalue weighted by atomic mass is 32.2. The van der Waals surface area contributed by atoms with Crippen LogP contribution in [0, 0.1) is 12.8 Å². The number of nitrogens with one attached hydrogen (secondary N) is 2. The average molecular weight is 524 g/mol. The molecule has 0 bridgehead atoms. The van der Waals surface area contributed by atoms with E-state index in [9.17, 15) is 21.6 Å². The molecule has 35 heavy (non-hydrogen) atoms. The number of carbonyl (C=O) groups excluding carboxylic acids is 1. The molecule has 2 N–H and O–H groups in total. The standard InChI is InChI=1S/C24H33N3O6S2/c1-18-8-5-6-11-22(18)26-35(31,32)21-10-7-9-20(16-21)34(29,30)25-17-19-12-14-27(15-13-19)23(28)33-24(2,3)4/h5-11,16,19,25-26H,12-15,17H2,1-4H3. The molecule has 11 heteroatoms. The molecule has 1 amide bonds. The predicted molar refractivity (Wildman–Crippen MR) is 134 cm³/mol. The second-order valence-electron chi connectivity index (χ2n) is 9.66. The Bertz CT molecular complexity index is 1260. The van der Waals surface area contributed by atoms with Crippen LogP contribution >= 0.6 is 0 Å². The fraction of sp³-hybridized carbons (Fsp3) is 0.458. The van der Waals surface area contributed by atoms with E-state index in [1.807, 2.05) is 20.8 Å². The number of sulfonamides is 2. The first kappa shape index (κ1) is 27.0. The van der Waals surface area contributed by atoms with Crippen molar-refractivity contribution in [1.82, 2.24) is 9.62 Å². The lowest BCUT2D eigenvalue weighted by Crippen LogP contribution is -2.43. The minimum Gasteiger partial charge on any atom is -0.444 e. The quantitative estimate of drug-likeness (QED) is 0.570. The molecular formula is C24H33N3O6S2. The number of anilines is 1. The molecule has 1 fully saturated rings. The van der Waals surface area contributed by atoms with Gasteiger partial charge in [-0.2, -0.15) is 0 Å². The maximum absolute atomic E-state index is 12.9. The van der Waals surface area contributed by atoms with Gasteiger partial charge in [-0.15, -0.1) is 0 Å². The summed E-state index contributed by atoms with van der Waals surface area (Å²) in [5.41, 5.74) is 0.608. The van der Waals surface area contributed by atoms with Crippen LogP contribution in [-0.2, 0) is 24.8 Å². The van der Waals surface area contributed by atoms with Crippen molar-refractivity contribution in [3.8, 4) is 0 Å². The summed E-state index contributed by atoms with van der Waals surface area (Å²) in [6, 6.07) is 12.2. The molecule has 192 valence electrons. The van der Waals surface area contributed by atoms with Crippen LogP contribution in [0.4, 0.5) is 10.5 Å². The maximum atomic E-state index is 12.9. The van der Waals surface area contributed by atoms with Gasteiger partial charge in [0.25, 0.3) is 10.0 Å². The summed E-state index contributed by atoms with van der Waals surface area (Å²) in [6.07, 6.45) is 0.904. The van der Waals surface area contributed by atoms with E-state index in [4.69, 9.17) is 4.74 Å². The average Bonchev–Trinajstić information content (AvgIpc) is 2.78. The molecule has 3 rings (SSSR count). The van der Waals surface area contributed by atoms with E-state index in [0.29, 0.717) is 31.6 Å². The van der Waals surface area contributed by atoms with Crippen molar-refractivity contribution in [3.63, 3.8) is 0 Å². The van der Waals surface area contributed by atoms with Crippen molar-refractivity contribution in [2.24, 2.45) is 5.92 Å². The van der Waals surface area contributed by atoms with Crippen LogP contribution in [0.1, 0.15) is 39.2 Å². The summed E-state index contributed by atoms with van der Waals surface area (Å²) in [4.78, 5) is 13.6. The van der Waals surface area contributed by atoms with Gasteiger partial charge in [0.15, 0.2) is 0 Å². The van der Waals surface area contributed by atoms with E-state index < -0.39 is 25.6 Å². The maximum Gasteiger partial charge on any atom is 0.410 e. The first-order valence-electron chi connectivity index (χ1n) is 11.4. The largest absolute Gasteiger partial charge is 0.444 e. The Hall–Kier alpha value is -2.63. The molecular weight excluding hydrogens is 490 g/mol. The minimum atomic E-state index is -3.97. The summed E-state index contributed by atoms with van der Waals surface area (Å²) in [5.74, 6) is 0.0538. The van der Waals surface area contributed by atoms with Gasteiger partial charge >= 0.3 is 6.09 Å². The predicted octanol–water partition coefficient (Wildman–Crippen LogP) is 3.72. The van der Waals surface area contributed by atoms with Gasteiger partial charge in [0.2, 0.25) is 10.0 Å². The fourth-order valence-electron chi connectivity index (χ4n) is 3.66. The van der Waals surface area contributed by atoms with E-state index in [1.54, 1.807) is 36.1 Å². The SMILES string of the molecule is Cc1ccccc1NS(=O)(=O)c1cccc(S(=O)(=O)NCC2CCN(C(=O)OC(C)(C)C)CC2)c1. The Labute approximate surface area is 208 Å². The number of hydrogen-bond donors (Lipinski definition) is 2. The van der Waals surface area contributed by atoms with Gasteiger partial charge in [-0.1, -0.05) is 24.3 Å². The van der Waals surface area contributed by atoms with Gasteiger partial charge in [-0.25, -0.2) is 26.4 Å². The molecule has 0 aliphatic carbocycles. The van der Waals surface area contributed by atoms with Crippen molar-refractivity contribution >= 4 is 31.8 Å². The second-order valence-corrected chi connectivity index (χ2v) is 13.1. The summed E-state index contributed by atoms with van der Waals surface area (Å²) in [6.45, 7) is 8.38. The number of rotatable bonds is 7. The number of hydrogen-bond acceptors (Lipinski definition) is 6. The van der Waals surface area contributed by atoms with Gasteiger partial charge in [-0.3, -0.25) is 4.72 Å². The zero-order chi connectivity index (χ0) is 25.9. The second kappa shape index (κ2) is 10.5. The van der Waals surface area contributed by atoms with Crippen LogP contribution < -0.4 is 9.44 Å². The van der Waals surface area contributed by atoms with Crippen LogP contribution in [0.25, 0.3) is 0 Å². The number of piperidine rings is 1. The molecule has 0 saturated carbocycles. The first-order chi connectivity index (χ1) is 16.3. The minimum absolute atomic E-state index is 0.0538. The van der Waals surface area contributed by atoms with Crippen molar-refractivity contribution in [2.45, 2.75) is 55.9 Å². The molecule has 0 aromatic heterocycles. The highest BCUT2D eigenvalue weighted by Crippen LogP contribution is 2.23. The molecule has 2 aromatic rings. The number of carbonyl (C=O) groups is 1. The number of aryl methyl sites for hydroxylation is 1. The third-order valence-corrected chi connectivity index (χ3v) is 8.43. The molecule has 0 unspecified atom stereocenters. The Balaban J connectivity index is 1.61. The molecule has 0 radical (unpaired) electrons. The number of benzene rings is 2. The van der Waals surface area contributed by atoms with Crippen LogP contribution in [-0.4, -0.2) is 53.1 Å². The molecule has 9 nitrogen and oxygen atoms in total. The van der Waals surface area contributed by atoms with E-state index in [1.165, 1.54) is 18.2 Å². The van der Waals surface area contributed by atoms with Crippen molar-refractivity contribution in [2.75, 3.05) is 24.4 Å². The number of likely N-dealkylation sites (tertiary alicyclic amines) is 1. The van der Waals surface area contributed by atoms with Crippen LogP contribution in [0.5, 0.6) is 0 Å². The smallest absolute Gasteiger partial charge is 0.410 e. The summed E-state index contributed by atoms with van der Waals surface area (Å²) < 4.78 is 61.9. The normalized spacial score (nSPS) is 15.6. The Morgan fingerprint density at radius 1 is 0.971 bits per heavy atom. The molecule has 0 atom stereocenters. The number of ether oxygens (including phenoxy) is 1. The summed E-state index contributed by atoms with van der Waals surface area (Å²) >= 11 is 0. The lowest BCUT2D eigenvalue weighted by molar-refractivity contribution is 0.0185. The van der Waals surface area contributed by atoms with Crippen molar-refractivity contribution in [3.05, 3.63) is 54.1 Å². The van der Waals surface area contributed by atoms with E-state index in [-0.39, 0.29) is 28.3 Å². The van der Waals surface area contributed by atoms with Crippen molar-refractivity contribution < 1.29 is 26.4 Å². The third-order valence-electron chi connectivity index (χ3n) is 5.64. The fourth-order valence-corrected chi connectivity index (χ4v) is 6.07. The van der Waals surface area contributed by atoms with E-state index in [0.717, 1.165) is 11.6 Å². The number of nitrogens with zero attached hydrogens (tertiary/aromatic N) is 1. The van der Waals surface area contributed by atoms with Crippen LogP contribution in [0.3, 0.4) is 0 Å². The molecule has 1 aliphatic heterocycles. The topological polar surface area (TPSA) is 122 Å². The van der Waals surface area contributed by atoms with Gasteiger partial charge in [-0.05, 0) is 76.3 Å². The van der Waals surface area contributed by atoms with E-state index in [2.05, 4.69) is 9.44 Å². The Morgan fingerprint density at radius 2 is 1.57 bits per heavy atom. The highest BCUT2D eigenvalue weighted by molar-refractivity contribution is 7.93. The molecule has 1 heterocycles. The van der Waals surface area contributed by atoms with Crippen LogP contribution in [0.2, 0.25) is 0 Å². The third kappa shape index (κ3) is 7.42. The number of amides is 1. The lowest BCUT2D eigenvalue weighted by Gasteiger charge is -2.33. The van der Waals surface area contributed by atoms with E-state index >= 15 is 0 Å². The zero-order valence-corrected chi connectivity index (χ0v) is 22.1. The summed E-state index contributed by atoms with van der Waals surface area (Å²) in [5, 5.41) is 0. The summed E-state index contributed by atoms with van der Waals surface area (Å²) in [7, 11) is -7.90. The number of para-hydroxylation sites is 1. The van der Waals surface area contributed by atoms with Crippen molar-refractivity contribution in [1.29, 1.82) is 0 Å². The van der Waals surface area contributed by atoms with Gasteiger partial charge in [0.1, 0.15) is 5.60 Å². The van der Waals surface area contributed by atoms with Crippen LogP contribution in [0.15, 0.2) is 58.3 Å². The first-order valence-corrected chi connectivity index (χ1v) is 14.4. The molecule has 1 saturated heterocycles. The molecule has 0 spiro atoms. The Morgan fingerprint density at radius 3 is 2.17 bits per heavy atom. The van der Waals surface area contributed by atoms with Gasteiger partial charge in [0.05, 0.1) is 15.5 Å². The highest BCUT2D eigenvalue weighted by Gasteiger charge is 2.28. The monoisotopic (exact) mass is 523 g/mol. The molecule has 1 aliphatic rings. The molecule has 2 aromatic carbocycles.